The third kappa shape index (κ3) is 3.02. The van der Waals surface area contributed by atoms with Gasteiger partial charge >= 0.3 is 0 Å². The molecule has 0 saturated heterocycles. The van der Waals surface area contributed by atoms with E-state index in [9.17, 15) is 5.11 Å². The summed E-state index contributed by atoms with van der Waals surface area (Å²) in [4.78, 5) is 0. The van der Waals surface area contributed by atoms with E-state index in [-0.39, 0.29) is 0 Å². The molecule has 1 aromatic rings. The van der Waals surface area contributed by atoms with Crippen molar-refractivity contribution in [1.29, 1.82) is 5.26 Å². The van der Waals surface area contributed by atoms with Gasteiger partial charge in [0.2, 0.25) is 0 Å². The second kappa shape index (κ2) is 5.41. The van der Waals surface area contributed by atoms with Crippen LogP contribution >= 0.6 is 0 Å². The lowest BCUT2D eigenvalue weighted by Crippen LogP contribution is -2.38. The molecule has 0 heterocycles. The smallest absolute Gasteiger partial charge is 0.123 e. The third-order valence-electron chi connectivity index (χ3n) is 3.60. The highest BCUT2D eigenvalue weighted by Gasteiger charge is 2.30. The van der Waals surface area contributed by atoms with Crippen molar-refractivity contribution in [3.05, 3.63) is 29.3 Å². The molecule has 0 amide bonds. The Morgan fingerprint density at radius 1 is 1.33 bits per heavy atom. The monoisotopic (exact) mass is 245 g/mol. The quantitative estimate of drug-likeness (QED) is 0.890. The number of hydrogen-bond donors (Lipinski definition) is 1. The first-order chi connectivity index (χ1) is 8.63. The number of ether oxygens (including phenoxy) is 1. The molecule has 0 atom stereocenters. The third-order valence-corrected chi connectivity index (χ3v) is 3.60. The number of nitrogens with zero attached hydrogens (tertiary/aromatic N) is 1. The fourth-order valence-electron chi connectivity index (χ4n) is 2.39. The zero-order valence-electron chi connectivity index (χ0n) is 10.8. The molecule has 1 fully saturated rings. The van der Waals surface area contributed by atoms with Crippen molar-refractivity contribution in [2.45, 2.75) is 44.6 Å². The summed E-state index contributed by atoms with van der Waals surface area (Å²) in [6, 6.07) is 7.49. The molecule has 0 aromatic heterocycles. The Hall–Kier alpha value is -1.53. The summed E-state index contributed by atoms with van der Waals surface area (Å²) < 4.78 is 5.72. The van der Waals surface area contributed by atoms with Crippen LogP contribution in [-0.2, 0) is 0 Å². The van der Waals surface area contributed by atoms with Gasteiger partial charge in [-0.1, -0.05) is 25.3 Å². The van der Waals surface area contributed by atoms with Crippen molar-refractivity contribution in [3.8, 4) is 11.8 Å². The van der Waals surface area contributed by atoms with Crippen LogP contribution in [0.2, 0.25) is 0 Å². The Kier molecular flexibility index (Phi) is 3.88. The fraction of sp³-hybridized carbons (Fsp3) is 0.533. The highest BCUT2D eigenvalue weighted by molar-refractivity contribution is 5.41. The van der Waals surface area contributed by atoms with Crippen LogP contribution in [0.15, 0.2) is 18.2 Å². The van der Waals surface area contributed by atoms with Crippen LogP contribution in [0.1, 0.15) is 43.2 Å². The largest absolute Gasteiger partial charge is 0.490 e. The van der Waals surface area contributed by atoms with E-state index in [1.54, 1.807) is 12.1 Å². The molecule has 1 aliphatic carbocycles. The first-order valence-electron chi connectivity index (χ1n) is 6.49. The fourth-order valence-corrected chi connectivity index (χ4v) is 2.39. The maximum absolute atomic E-state index is 10.4. The van der Waals surface area contributed by atoms with Crippen molar-refractivity contribution in [2.24, 2.45) is 0 Å². The van der Waals surface area contributed by atoms with Gasteiger partial charge in [-0.2, -0.15) is 5.26 Å². The van der Waals surface area contributed by atoms with E-state index >= 15 is 0 Å². The van der Waals surface area contributed by atoms with Crippen LogP contribution in [0, 0.1) is 18.3 Å². The van der Waals surface area contributed by atoms with Crippen LogP contribution in [0.5, 0.6) is 5.75 Å². The lowest BCUT2D eigenvalue weighted by molar-refractivity contribution is -0.0340. The van der Waals surface area contributed by atoms with Crippen molar-refractivity contribution in [2.75, 3.05) is 6.61 Å². The molecular formula is C15H19NO2. The Morgan fingerprint density at radius 2 is 2.06 bits per heavy atom. The van der Waals surface area contributed by atoms with Gasteiger partial charge in [-0.05, 0) is 37.5 Å². The summed E-state index contributed by atoms with van der Waals surface area (Å²) in [7, 11) is 0. The van der Waals surface area contributed by atoms with Gasteiger partial charge in [-0.25, -0.2) is 0 Å². The van der Waals surface area contributed by atoms with Gasteiger partial charge in [0, 0.05) is 0 Å². The average Bonchev–Trinajstić information content (AvgIpc) is 2.39. The second-order valence-electron chi connectivity index (χ2n) is 5.17. The molecule has 3 heteroatoms. The predicted molar refractivity (Wildman–Crippen MR) is 69.4 cm³/mol. The minimum atomic E-state index is -0.687. The minimum absolute atomic E-state index is 0.322. The van der Waals surface area contributed by atoms with Crippen LogP contribution in [-0.4, -0.2) is 17.3 Å². The van der Waals surface area contributed by atoms with Crippen LogP contribution < -0.4 is 4.74 Å². The summed E-state index contributed by atoms with van der Waals surface area (Å²) in [5.41, 5.74) is 0.896. The predicted octanol–water partition coefficient (Wildman–Crippen LogP) is 2.94. The molecule has 1 N–H and O–H groups in total. The van der Waals surface area contributed by atoms with E-state index in [1.807, 2.05) is 13.0 Å². The maximum Gasteiger partial charge on any atom is 0.123 e. The number of hydrogen-bond acceptors (Lipinski definition) is 3. The molecule has 0 bridgehead atoms. The Bertz CT molecular complexity index is 456. The Labute approximate surface area is 108 Å². The molecular weight excluding hydrogens is 226 g/mol. The lowest BCUT2D eigenvalue weighted by Gasteiger charge is -2.31. The van der Waals surface area contributed by atoms with E-state index in [4.69, 9.17) is 10.00 Å². The van der Waals surface area contributed by atoms with Gasteiger partial charge in [0.25, 0.3) is 0 Å². The number of aliphatic hydroxyl groups is 1. The summed E-state index contributed by atoms with van der Waals surface area (Å²) in [5, 5.41) is 19.2. The van der Waals surface area contributed by atoms with Gasteiger partial charge in [0.15, 0.2) is 0 Å². The molecule has 3 nitrogen and oxygen atoms in total. The summed E-state index contributed by atoms with van der Waals surface area (Å²) in [5.74, 6) is 0.702. The van der Waals surface area contributed by atoms with Gasteiger partial charge in [0.1, 0.15) is 12.4 Å². The molecule has 1 saturated carbocycles. The van der Waals surface area contributed by atoms with E-state index in [0.717, 1.165) is 31.2 Å². The molecule has 96 valence electrons. The molecule has 2 rings (SSSR count). The molecule has 0 spiro atoms. The second-order valence-corrected chi connectivity index (χ2v) is 5.17. The van der Waals surface area contributed by atoms with Gasteiger partial charge in [-0.15, -0.1) is 0 Å². The first-order valence-corrected chi connectivity index (χ1v) is 6.49. The minimum Gasteiger partial charge on any atom is -0.490 e. The van der Waals surface area contributed by atoms with Gasteiger partial charge in [-0.3, -0.25) is 0 Å². The highest BCUT2D eigenvalue weighted by Crippen LogP contribution is 2.29. The topological polar surface area (TPSA) is 53.2 Å². The van der Waals surface area contributed by atoms with Crippen molar-refractivity contribution < 1.29 is 9.84 Å². The van der Waals surface area contributed by atoms with Crippen molar-refractivity contribution in [1.82, 2.24) is 0 Å². The van der Waals surface area contributed by atoms with Crippen LogP contribution in [0.4, 0.5) is 0 Å². The Balaban J connectivity index is 2.03. The van der Waals surface area contributed by atoms with Crippen LogP contribution in [0.25, 0.3) is 0 Å². The SMILES string of the molecule is Cc1ccc(C#N)cc1OCC1(O)CCCCC1. The van der Waals surface area contributed by atoms with Gasteiger partial charge in [0.05, 0.1) is 17.2 Å². The number of aryl methyl sites for hydroxylation is 1. The van der Waals surface area contributed by atoms with E-state index in [1.165, 1.54) is 6.42 Å². The van der Waals surface area contributed by atoms with E-state index in [0.29, 0.717) is 17.9 Å². The molecule has 0 unspecified atom stereocenters. The molecule has 1 aliphatic rings. The standard InChI is InChI=1S/C15H19NO2/c1-12-5-6-13(10-16)9-14(12)18-11-15(17)7-3-2-4-8-15/h5-6,9,17H,2-4,7-8,11H2,1H3. The normalized spacial score (nSPS) is 18.1. The zero-order chi connectivity index (χ0) is 13.0. The number of rotatable bonds is 3. The van der Waals surface area contributed by atoms with E-state index < -0.39 is 5.60 Å². The molecule has 0 radical (unpaired) electrons. The van der Waals surface area contributed by atoms with Crippen molar-refractivity contribution >= 4 is 0 Å². The highest BCUT2D eigenvalue weighted by atomic mass is 16.5. The van der Waals surface area contributed by atoms with Gasteiger partial charge < -0.3 is 9.84 Å². The summed E-state index contributed by atoms with van der Waals surface area (Å²) in [6.07, 6.45) is 4.95. The summed E-state index contributed by atoms with van der Waals surface area (Å²) >= 11 is 0. The summed E-state index contributed by atoms with van der Waals surface area (Å²) in [6.45, 7) is 2.27. The zero-order valence-corrected chi connectivity index (χ0v) is 10.8. The first kappa shape index (κ1) is 12.9. The molecule has 1 aromatic carbocycles. The van der Waals surface area contributed by atoms with Crippen LogP contribution in [0.3, 0.4) is 0 Å². The number of benzene rings is 1. The molecule has 0 aliphatic heterocycles. The number of nitriles is 1. The van der Waals surface area contributed by atoms with E-state index in [2.05, 4.69) is 6.07 Å². The molecule has 18 heavy (non-hydrogen) atoms. The average molecular weight is 245 g/mol. The Morgan fingerprint density at radius 3 is 2.72 bits per heavy atom. The van der Waals surface area contributed by atoms with Crippen molar-refractivity contribution in [3.63, 3.8) is 0 Å². The lowest BCUT2D eigenvalue weighted by atomic mass is 9.85. The maximum atomic E-state index is 10.4.